The lowest BCUT2D eigenvalue weighted by Gasteiger charge is -2.39. The van der Waals surface area contributed by atoms with Crippen LogP contribution in [0.2, 0.25) is 0 Å². The number of amides is 3. The van der Waals surface area contributed by atoms with Crippen LogP contribution in [0.3, 0.4) is 0 Å². The zero-order valence-electron chi connectivity index (χ0n) is 18.8. The van der Waals surface area contributed by atoms with Gasteiger partial charge in [0.05, 0.1) is 30.1 Å². The molecule has 0 aromatic carbocycles. The monoisotopic (exact) mass is 431 g/mol. The number of nitrogens with zero attached hydrogens (tertiary/aromatic N) is 3. The maximum Gasteiger partial charge on any atom is 0.249 e. The summed E-state index contributed by atoms with van der Waals surface area (Å²) in [5.41, 5.74) is -2.23. The highest BCUT2D eigenvalue weighted by Gasteiger charge is 2.75. The van der Waals surface area contributed by atoms with Crippen LogP contribution >= 0.6 is 0 Å². The molecule has 170 valence electrons. The lowest BCUT2D eigenvalue weighted by Crippen LogP contribution is -2.58. The standard InChI is InChI=1S/C23H33N3O5/c1-5-6-12-25-13-8-10-23-17(20(29)26(15(2)14-27)18(23)21(25)30)16-19(28)24(4)11-7-9-22(16,3)31-23/h7-10,15-18,27H,5-6,11-14H2,1-4H3/t15-,16-,17+,18?,22+,23+/m1/s1. The summed E-state index contributed by atoms with van der Waals surface area (Å²) in [6, 6.07) is -1.47. The average Bonchev–Trinajstić information content (AvgIpc) is 3.03. The summed E-state index contributed by atoms with van der Waals surface area (Å²) in [5, 5.41) is 9.89. The molecule has 0 bridgehead atoms. The Labute approximate surface area is 183 Å². The Morgan fingerprint density at radius 3 is 2.52 bits per heavy atom. The van der Waals surface area contributed by atoms with Crippen molar-refractivity contribution >= 4 is 17.7 Å². The van der Waals surface area contributed by atoms with Gasteiger partial charge in [0.1, 0.15) is 11.6 Å². The molecule has 1 spiro atoms. The van der Waals surface area contributed by atoms with Crippen molar-refractivity contribution < 1.29 is 24.2 Å². The van der Waals surface area contributed by atoms with Gasteiger partial charge in [0.15, 0.2) is 0 Å². The molecule has 8 nitrogen and oxygen atoms in total. The zero-order chi connectivity index (χ0) is 22.6. The summed E-state index contributed by atoms with van der Waals surface area (Å²) in [7, 11) is 1.72. The number of carbonyl (C=O) groups is 3. The molecular formula is C23H33N3O5. The quantitative estimate of drug-likeness (QED) is 0.643. The Balaban J connectivity index is 1.86. The normalized spacial score (nSPS) is 38.2. The minimum Gasteiger partial charge on any atom is -0.394 e. The Kier molecular flexibility index (Phi) is 5.50. The van der Waals surface area contributed by atoms with E-state index in [4.69, 9.17) is 4.74 Å². The molecule has 6 atom stereocenters. The molecule has 4 heterocycles. The molecule has 2 fully saturated rings. The molecule has 8 heteroatoms. The number of ether oxygens (including phenoxy) is 1. The van der Waals surface area contributed by atoms with Gasteiger partial charge in [-0.05, 0) is 20.3 Å². The first-order valence-corrected chi connectivity index (χ1v) is 11.2. The van der Waals surface area contributed by atoms with Gasteiger partial charge in [-0.2, -0.15) is 0 Å². The van der Waals surface area contributed by atoms with E-state index in [1.807, 2.05) is 31.2 Å². The lowest BCUT2D eigenvalue weighted by atomic mass is 9.74. The fourth-order valence-corrected chi connectivity index (χ4v) is 5.74. The van der Waals surface area contributed by atoms with Gasteiger partial charge in [0, 0.05) is 26.7 Å². The highest BCUT2D eigenvalue weighted by molar-refractivity contribution is 6.00. The highest BCUT2D eigenvalue weighted by atomic mass is 16.5. The second kappa shape index (κ2) is 7.74. The van der Waals surface area contributed by atoms with Crippen molar-refractivity contribution in [2.24, 2.45) is 11.8 Å². The maximum atomic E-state index is 13.8. The smallest absolute Gasteiger partial charge is 0.249 e. The van der Waals surface area contributed by atoms with Gasteiger partial charge in [-0.25, -0.2) is 0 Å². The van der Waals surface area contributed by atoms with E-state index in [-0.39, 0.29) is 24.3 Å². The third kappa shape index (κ3) is 3.06. The summed E-state index contributed by atoms with van der Waals surface area (Å²) >= 11 is 0. The van der Waals surface area contributed by atoms with Gasteiger partial charge in [-0.15, -0.1) is 0 Å². The van der Waals surface area contributed by atoms with E-state index in [1.165, 1.54) is 4.90 Å². The van der Waals surface area contributed by atoms with E-state index in [9.17, 15) is 19.5 Å². The molecule has 0 aromatic heterocycles. The van der Waals surface area contributed by atoms with Crippen LogP contribution in [0.25, 0.3) is 0 Å². The molecule has 31 heavy (non-hydrogen) atoms. The molecule has 0 aromatic rings. The molecule has 1 N–H and O–H groups in total. The molecule has 2 saturated heterocycles. The Morgan fingerprint density at radius 2 is 1.84 bits per heavy atom. The van der Waals surface area contributed by atoms with Gasteiger partial charge < -0.3 is 24.5 Å². The van der Waals surface area contributed by atoms with Crippen molar-refractivity contribution in [3.63, 3.8) is 0 Å². The first kappa shape index (κ1) is 22.0. The molecule has 1 unspecified atom stereocenters. The first-order chi connectivity index (χ1) is 14.7. The van der Waals surface area contributed by atoms with Crippen molar-refractivity contribution in [2.45, 2.75) is 56.9 Å². The minimum absolute atomic E-state index is 0.159. The second-order valence-corrected chi connectivity index (χ2v) is 9.44. The highest BCUT2D eigenvalue weighted by Crippen LogP contribution is 2.57. The molecule has 0 saturated carbocycles. The van der Waals surface area contributed by atoms with Gasteiger partial charge in [-0.1, -0.05) is 37.6 Å². The Bertz CT molecular complexity index is 841. The van der Waals surface area contributed by atoms with E-state index in [1.54, 1.807) is 23.8 Å². The van der Waals surface area contributed by atoms with Crippen LogP contribution in [-0.4, -0.2) is 94.1 Å². The summed E-state index contributed by atoms with van der Waals surface area (Å²) < 4.78 is 6.65. The SMILES string of the molecule is CCCCN1CC=C[C@]23O[C@@]4(C)C=CCN(C)C(=O)[C@H]4[C@H]2C(=O)N([C@H](C)CO)C3C1=O. The number of aliphatic hydroxyl groups excluding tert-OH is 1. The van der Waals surface area contributed by atoms with Crippen molar-refractivity contribution in [3.05, 3.63) is 24.3 Å². The molecule has 4 aliphatic rings. The number of unbranched alkanes of at least 4 members (excludes halogenated alkanes) is 1. The third-order valence-electron chi connectivity index (χ3n) is 7.30. The molecule has 4 rings (SSSR count). The molecule has 4 aliphatic heterocycles. The molecular weight excluding hydrogens is 398 g/mol. The van der Waals surface area contributed by atoms with Crippen LogP contribution in [0.4, 0.5) is 0 Å². The van der Waals surface area contributed by atoms with Crippen LogP contribution < -0.4 is 0 Å². The van der Waals surface area contributed by atoms with Crippen LogP contribution in [0.1, 0.15) is 33.6 Å². The van der Waals surface area contributed by atoms with Gasteiger partial charge in [0.25, 0.3) is 0 Å². The van der Waals surface area contributed by atoms with Crippen molar-refractivity contribution in [1.82, 2.24) is 14.7 Å². The summed E-state index contributed by atoms with van der Waals surface area (Å²) in [5.74, 6) is -2.19. The van der Waals surface area contributed by atoms with Gasteiger partial charge in [-0.3, -0.25) is 14.4 Å². The van der Waals surface area contributed by atoms with Crippen molar-refractivity contribution in [2.75, 3.05) is 33.3 Å². The van der Waals surface area contributed by atoms with Crippen LogP contribution in [0.15, 0.2) is 24.3 Å². The van der Waals surface area contributed by atoms with E-state index < -0.39 is 35.1 Å². The number of hydrogen-bond acceptors (Lipinski definition) is 5. The lowest BCUT2D eigenvalue weighted by molar-refractivity contribution is -0.155. The number of hydrogen-bond donors (Lipinski definition) is 1. The number of aliphatic hydroxyl groups is 1. The summed E-state index contributed by atoms with van der Waals surface area (Å²) in [4.78, 5) is 45.8. The van der Waals surface area contributed by atoms with E-state index in [0.29, 0.717) is 19.6 Å². The second-order valence-electron chi connectivity index (χ2n) is 9.44. The van der Waals surface area contributed by atoms with Crippen molar-refractivity contribution in [3.8, 4) is 0 Å². The van der Waals surface area contributed by atoms with E-state index in [2.05, 4.69) is 6.92 Å². The van der Waals surface area contributed by atoms with Crippen molar-refractivity contribution in [1.29, 1.82) is 0 Å². The fourth-order valence-electron chi connectivity index (χ4n) is 5.74. The Morgan fingerprint density at radius 1 is 1.13 bits per heavy atom. The number of rotatable bonds is 5. The first-order valence-electron chi connectivity index (χ1n) is 11.2. The zero-order valence-corrected chi connectivity index (χ0v) is 18.8. The van der Waals surface area contributed by atoms with Crippen LogP contribution in [0.5, 0.6) is 0 Å². The molecule has 3 amide bonds. The van der Waals surface area contributed by atoms with Gasteiger partial charge in [0.2, 0.25) is 17.7 Å². The van der Waals surface area contributed by atoms with Gasteiger partial charge >= 0.3 is 0 Å². The predicted octanol–water partition coefficient (Wildman–Crippen LogP) is 0.565. The topological polar surface area (TPSA) is 90.4 Å². The molecule has 0 aliphatic carbocycles. The predicted molar refractivity (Wildman–Crippen MR) is 114 cm³/mol. The number of likely N-dealkylation sites (tertiary alicyclic amines) is 1. The maximum absolute atomic E-state index is 13.8. The minimum atomic E-state index is -1.24. The van der Waals surface area contributed by atoms with E-state index >= 15 is 0 Å². The summed E-state index contributed by atoms with van der Waals surface area (Å²) in [6.45, 7) is 6.83. The number of carbonyl (C=O) groups excluding carboxylic acids is 3. The summed E-state index contributed by atoms with van der Waals surface area (Å²) in [6.07, 6.45) is 9.30. The Hall–Kier alpha value is -2.19. The third-order valence-corrected chi connectivity index (χ3v) is 7.30. The molecule has 0 radical (unpaired) electrons. The number of likely N-dealkylation sites (N-methyl/N-ethyl adjacent to an activating group) is 1. The van der Waals surface area contributed by atoms with Crippen LogP contribution in [0, 0.1) is 11.8 Å². The van der Waals surface area contributed by atoms with E-state index in [0.717, 1.165) is 12.8 Å². The largest absolute Gasteiger partial charge is 0.394 e. The van der Waals surface area contributed by atoms with Crippen LogP contribution in [-0.2, 0) is 19.1 Å². The average molecular weight is 432 g/mol. The fraction of sp³-hybridized carbons (Fsp3) is 0.696. The number of fused-ring (bicyclic) bond motifs is 2.